The van der Waals surface area contributed by atoms with Gasteiger partial charge in [0.25, 0.3) is 11.5 Å². The summed E-state index contributed by atoms with van der Waals surface area (Å²) in [6.45, 7) is 4.79. The number of Topliss-reactive ketones (excluding diaryl/α,β-unsaturated/α-hetero) is 1. The smallest absolute Gasteiger partial charge is 0.271 e. The second-order valence-corrected chi connectivity index (χ2v) is 9.53. The molecule has 0 aliphatic carbocycles. The van der Waals surface area contributed by atoms with Gasteiger partial charge >= 0.3 is 0 Å². The zero-order valence-corrected chi connectivity index (χ0v) is 20.7. The molecular weight excluding hydrogens is 474 g/mol. The summed E-state index contributed by atoms with van der Waals surface area (Å²) in [5.74, 6) is -0.588. The van der Waals surface area contributed by atoms with Crippen molar-refractivity contribution in [3.8, 4) is 17.7 Å². The zero-order chi connectivity index (χ0) is 25.2. The van der Waals surface area contributed by atoms with Crippen LogP contribution in [0.5, 0.6) is 11.6 Å². The van der Waals surface area contributed by atoms with E-state index in [0.717, 1.165) is 21.9 Å². The van der Waals surface area contributed by atoms with Crippen LogP contribution in [0.1, 0.15) is 53.4 Å². The number of nitrogens with zero attached hydrogens (tertiary/aromatic N) is 3. The van der Waals surface area contributed by atoms with Crippen LogP contribution >= 0.6 is 24.0 Å². The molecule has 10 heteroatoms. The number of benzene rings is 1. The lowest BCUT2D eigenvalue weighted by molar-refractivity contribution is -0.122. The fourth-order valence-corrected chi connectivity index (χ4v) is 4.93. The van der Waals surface area contributed by atoms with Gasteiger partial charge in [0.15, 0.2) is 5.78 Å². The first-order valence-corrected chi connectivity index (χ1v) is 11.6. The van der Waals surface area contributed by atoms with Crippen LogP contribution in [0.25, 0.3) is 6.08 Å². The van der Waals surface area contributed by atoms with Gasteiger partial charge in [0.2, 0.25) is 5.88 Å². The summed E-state index contributed by atoms with van der Waals surface area (Å²) in [6.07, 6.45) is 1.58. The van der Waals surface area contributed by atoms with Gasteiger partial charge in [-0.2, -0.15) is 5.26 Å². The minimum Gasteiger partial charge on any atom is -0.497 e. The molecule has 176 valence electrons. The van der Waals surface area contributed by atoms with Crippen LogP contribution in [-0.4, -0.2) is 44.2 Å². The van der Waals surface area contributed by atoms with Crippen LogP contribution in [0, 0.1) is 18.3 Å². The van der Waals surface area contributed by atoms with E-state index in [1.165, 1.54) is 11.8 Å². The van der Waals surface area contributed by atoms with Gasteiger partial charge in [-0.25, -0.2) is 0 Å². The molecule has 0 bridgehead atoms. The second-order valence-electron chi connectivity index (χ2n) is 7.86. The van der Waals surface area contributed by atoms with E-state index in [-0.39, 0.29) is 35.6 Å². The number of hydrogen-bond acceptors (Lipinski definition) is 8. The third-order valence-electron chi connectivity index (χ3n) is 5.39. The fraction of sp³-hybridized carbons (Fsp3) is 0.292. The SMILES string of the molecule is COc1ccc(/C=C2\SC(=S)N(CCC(=O)c3c(C)c(C#N)c(=O)n(C(C)C)c3O)C2=O)cc1. The number of hydrogen-bond donors (Lipinski definition) is 1. The van der Waals surface area contributed by atoms with Gasteiger partial charge in [-0.05, 0) is 50.1 Å². The van der Waals surface area contributed by atoms with E-state index in [4.69, 9.17) is 17.0 Å². The molecule has 1 saturated heterocycles. The van der Waals surface area contributed by atoms with E-state index in [2.05, 4.69) is 0 Å². The molecule has 8 nitrogen and oxygen atoms in total. The number of thiocarbonyl (C=S) groups is 1. The maximum atomic E-state index is 13.0. The average molecular weight is 498 g/mol. The van der Waals surface area contributed by atoms with Crippen molar-refractivity contribution in [1.82, 2.24) is 9.47 Å². The Labute approximate surface area is 206 Å². The van der Waals surface area contributed by atoms with Gasteiger partial charge in [-0.1, -0.05) is 36.1 Å². The highest BCUT2D eigenvalue weighted by atomic mass is 32.2. The molecular formula is C24H23N3O5S2. The van der Waals surface area contributed by atoms with E-state index in [9.17, 15) is 24.8 Å². The number of aromatic hydroxyl groups is 1. The summed E-state index contributed by atoms with van der Waals surface area (Å²) < 4.78 is 6.48. The van der Waals surface area contributed by atoms with Crippen LogP contribution in [-0.2, 0) is 4.79 Å². The van der Waals surface area contributed by atoms with Crippen molar-refractivity contribution in [1.29, 1.82) is 5.26 Å². The lowest BCUT2D eigenvalue weighted by atomic mass is 9.99. The monoisotopic (exact) mass is 497 g/mol. The Morgan fingerprint density at radius 2 is 1.94 bits per heavy atom. The van der Waals surface area contributed by atoms with Crippen molar-refractivity contribution in [3.05, 3.63) is 61.8 Å². The van der Waals surface area contributed by atoms with Crippen molar-refractivity contribution >= 4 is 46.1 Å². The highest BCUT2D eigenvalue weighted by molar-refractivity contribution is 8.26. The molecule has 34 heavy (non-hydrogen) atoms. The van der Waals surface area contributed by atoms with Crippen molar-refractivity contribution < 1.29 is 19.4 Å². The first kappa shape index (κ1) is 25.2. The van der Waals surface area contributed by atoms with Crippen LogP contribution in [0.3, 0.4) is 0 Å². The highest BCUT2D eigenvalue weighted by Crippen LogP contribution is 2.33. The number of ketones is 1. The molecule has 2 heterocycles. The van der Waals surface area contributed by atoms with Gasteiger partial charge in [0, 0.05) is 19.0 Å². The third kappa shape index (κ3) is 4.76. The minimum atomic E-state index is -0.648. The van der Waals surface area contributed by atoms with E-state index in [0.29, 0.717) is 15.0 Å². The van der Waals surface area contributed by atoms with Crippen LogP contribution in [0.15, 0.2) is 34.0 Å². The highest BCUT2D eigenvalue weighted by Gasteiger charge is 2.33. The predicted octanol–water partition coefficient (Wildman–Crippen LogP) is 3.80. The Balaban J connectivity index is 1.82. The molecule has 0 saturated carbocycles. The molecule has 1 aliphatic rings. The first-order chi connectivity index (χ1) is 16.1. The number of carbonyl (C=O) groups is 2. The third-order valence-corrected chi connectivity index (χ3v) is 6.77. The number of rotatable bonds is 7. The van der Waals surface area contributed by atoms with Crippen LogP contribution in [0.4, 0.5) is 0 Å². The largest absolute Gasteiger partial charge is 0.497 e. The molecule has 1 fully saturated rings. The lowest BCUT2D eigenvalue weighted by Crippen LogP contribution is -2.31. The molecule has 1 amide bonds. The van der Waals surface area contributed by atoms with Gasteiger partial charge in [0.05, 0.1) is 17.6 Å². The number of thioether (sulfide) groups is 1. The number of carbonyl (C=O) groups excluding carboxylic acids is 2. The Hall–Kier alpha value is -3.42. The summed E-state index contributed by atoms with van der Waals surface area (Å²) in [6, 6.07) is 8.57. The molecule has 0 unspecified atom stereocenters. The van der Waals surface area contributed by atoms with E-state index >= 15 is 0 Å². The topological polar surface area (TPSA) is 113 Å². The molecule has 1 aliphatic heterocycles. The standard InChI is InChI=1S/C24H23N3O5S2/c1-13(2)27-21(29)17(12-25)14(3)20(23(27)31)18(28)9-10-26-22(30)19(34-24(26)33)11-15-5-7-16(32-4)8-6-15/h5-8,11,13,31H,9-10H2,1-4H3/b19-11-. The quantitative estimate of drug-likeness (QED) is 0.349. The van der Waals surface area contributed by atoms with E-state index in [1.54, 1.807) is 39.2 Å². The molecule has 1 N–H and O–H groups in total. The Morgan fingerprint density at radius 1 is 1.29 bits per heavy atom. The fourth-order valence-electron chi connectivity index (χ4n) is 3.62. The molecule has 0 radical (unpaired) electrons. The molecule has 0 atom stereocenters. The molecule has 2 aromatic rings. The minimum absolute atomic E-state index is 0.00498. The zero-order valence-electron chi connectivity index (χ0n) is 19.1. The first-order valence-electron chi connectivity index (χ1n) is 10.4. The summed E-state index contributed by atoms with van der Waals surface area (Å²) >= 11 is 6.48. The number of nitriles is 1. The summed E-state index contributed by atoms with van der Waals surface area (Å²) in [5, 5.41) is 20.1. The van der Waals surface area contributed by atoms with Gasteiger partial charge in [-0.3, -0.25) is 23.9 Å². The maximum absolute atomic E-state index is 13.0. The Kier molecular flexibility index (Phi) is 7.59. The van der Waals surface area contributed by atoms with Crippen molar-refractivity contribution in [2.24, 2.45) is 0 Å². The molecule has 1 aromatic heterocycles. The van der Waals surface area contributed by atoms with Crippen molar-refractivity contribution in [2.45, 2.75) is 33.2 Å². The normalized spacial score (nSPS) is 14.7. The number of amides is 1. The molecule has 3 rings (SSSR count). The average Bonchev–Trinajstić information content (AvgIpc) is 3.05. The summed E-state index contributed by atoms with van der Waals surface area (Å²) in [7, 11) is 1.57. The Bertz CT molecular complexity index is 1300. The van der Waals surface area contributed by atoms with E-state index in [1.807, 2.05) is 18.2 Å². The maximum Gasteiger partial charge on any atom is 0.271 e. The summed E-state index contributed by atoms with van der Waals surface area (Å²) in [5.41, 5.74) is -0.00815. The van der Waals surface area contributed by atoms with Gasteiger partial charge < -0.3 is 9.84 Å². The number of pyridine rings is 1. The predicted molar refractivity (Wildman–Crippen MR) is 134 cm³/mol. The number of methoxy groups -OCH3 is 1. The van der Waals surface area contributed by atoms with Crippen molar-refractivity contribution in [3.63, 3.8) is 0 Å². The number of ether oxygens (including phenoxy) is 1. The number of aromatic nitrogens is 1. The second kappa shape index (κ2) is 10.2. The van der Waals surface area contributed by atoms with Crippen LogP contribution < -0.4 is 10.3 Å². The molecule has 1 aromatic carbocycles. The summed E-state index contributed by atoms with van der Waals surface area (Å²) in [4.78, 5) is 40.2. The van der Waals surface area contributed by atoms with E-state index < -0.39 is 23.3 Å². The van der Waals surface area contributed by atoms with Gasteiger partial charge in [-0.15, -0.1) is 0 Å². The Morgan fingerprint density at radius 3 is 2.50 bits per heavy atom. The van der Waals surface area contributed by atoms with Gasteiger partial charge in [0.1, 0.15) is 21.7 Å². The van der Waals surface area contributed by atoms with Crippen LogP contribution in [0.2, 0.25) is 0 Å². The van der Waals surface area contributed by atoms with Crippen molar-refractivity contribution in [2.75, 3.05) is 13.7 Å². The molecule has 0 spiro atoms. The lowest BCUT2D eigenvalue weighted by Gasteiger charge is -2.19.